The third kappa shape index (κ3) is 2.77. The molecule has 3 rings (SSSR count). The summed E-state index contributed by atoms with van der Waals surface area (Å²) in [5.41, 5.74) is 0.856. The van der Waals surface area contributed by atoms with E-state index in [0.29, 0.717) is 17.2 Å². The van der Waals surface area contributed by atoms with Gasteiger partial charge in [0.05, 0.1) is 6.10 Å². The molecule has 20 heavy (non-hydrogen) atoms. The number of ether oxygens (including phenoxy) is 1. The van der Waals surface area contributed by atoms with Crippen LogP contribution in [0.5, 0.6) is 0 Å². The predicted octanol–water partition coefficient (Wildman–Crippen LogP) is 2.94. The summed E-state index contributed by atoms with van der Waals surface area (Å²) >= 11 is 0. The summed E-state index contributed by atoms with van der Waals surface area (Å²) in [4.78, 5) is 2.82. The molecule has 3 nitrogen and oxygen atoms in total. The zero-order valence-corrected chi connectivity index (χ0v) is 13.4. The van der Waals surface area contributed by atoms with E-state index in [1.54, 1.807) is 0 Å². The van der Waals surface area contributed by atoms with Gasteiger partial charge >= 0.3 is 0 Å². The Balaban J connectivity index is 1.74. The summed E-state index contributed by atoms with van der Waals surface area (Å²) in [5, 5.41) is 4.01. The number of hydrogen-bond donors (Lipinski definition) is 1. The minimum absolute atomic E-state index is 0.353. The van der Waals surface area contributed by atoms with Crippen molar-refractivity contribution in [3.8, 4) is 0 Å². The lowest BCUT2D eigenvalue weighted by molar-refractivity contribution is -0.0361. The van der Waals surface area contributed by atoms with E-state index < -0.39 is 0 Å². The fourth-order valence-corrected chi connectivity index (χ4v) is 4.79. The van der Waals surface area contributed by atoms with Crippen LogP contribution >= 0.6 is 0 Å². The molecule has 2 spiro atoms. The van der Waals surface area contributed by atoms with Gasteiger partial charge < -0.3 is 10.1 Å². The molecule has 0 aromatic heterocycles. The van der Waals surface area contributed by atoms with Crippen LogP contribution in [0.25, 0.3) is 0 Å². The maximum Gasteiger partial charge on any atom is 0.0670 e. The first-order valence-electron chi connectivity index (χ1n) is 8.71. The van der Waals surface area contributed by atoms with Gasteiger partial charge in [-0.25, -0.2) is 0 Å². The average molecular weight is 280 g/mol. The first-order chi connectivity index (χ1) is 9.68. The van der Waals surface area contributed by atoms with Crippen LogP contribution in [0, 0.1) is 0 Å². The molecule has 0 aromatic carbocycles. The normalized spacial score (nSPS) is 30.9. The molecule has 0 amide bonds. The molecule has 1 saturated heterocycles. The molecule has 1 aliphatic heterocycles. The van der Waals surface area contributed by atoms with Gasteiger partial charge in [-0.3, -0.25) is 4.90 Å². The Morgan fingerprint density at radius 2 is 1.70 bits per heavy atom. The Labute approximate surface area is 124 Å². The molecule has 1 N–H and O–H groups in total. The fraction of sp³-hybridized carbons (Fsp3) is 1.00. The van der Waals surface area contributed by atoms with Crippen LogP contribution in [0.3, 0.4) is 0 Å². The van der Waals surface area contributed by atoms with Gasteiger partial charge in [0.1, 0.15) is 0 Å². The maximum atomic E-state index is 5.57. The fourth-order valence-electron chi connectivity index (χ4n) is 4.79. The molecule has 0 aromatic rings. The summed E-state index contributed by atoms with van der Waals surface area (Å²) in [7, 11) is 1.85. The molecule has 0 bridgehead atoms. The lowest BCUT2D eigenvalue weighted by Crippen LogP contribution is -2.70. The van der Waals surface area contributed by atoms with Gasteiger partial charge in [-0.1, -0.05) is 32.1 Å². The van der Waals surface area contributed by atoms with Crippen LogP contribution in [0.4, 0.5) is 0 Å². The van der Waals surface area contributed by atoms with E-state index in [9.17, 15) is 0 Å². The zero-order chi connectivity index (χ0) is 14.1. The Bertz CT molecular complexity index is 319. The lowest BCUT2D eigenvalue weighted by Gasteiger charge is -2.55. The largest absolute Gasteiger partial charge is 0.380 e. The Kier molecular flexibility index (Phi) is 4.40. The van der Waals surface area contributed by atoms with Crippen molar-refractivity contribution in [3.05, 3.63) is 0 Å². The summed E-state index contributed by atoms with van der Waals surface area (Å²) in [6, 6.07) is 0. The molecule has 1 atom stereocenters. The SMILES string of the molecule is COC(C)CN1CC2(CCCCC2)NCC12CCCC2. The highest BCUT2D eigenvalue weighted by Crippen LogP contribution is 2.41. The molecular weight excluding hydrogens is 248 g/mol. The topological polar surface area (TPSA) is 24.5 Å². The quantitative estimate of drug-likeness (QED) is 0.860. The van der Waals surface area contributed by atoms with E-state index in [4.69, 9.17) is 4.74 Å². The Morgan fingerprint density at radius 1 is 1.05 bits per heavy atom. The number of rotatable bonds is 3. The molecule has 1 heterocycles. The van der Waals surface area contributed by atoms with Crippen molar-refractivity contribution in [1.82, 2.24) is 10.2 Å². The zero-order valence-electron chi connectivity index (χ0n) is 13.4. The van der Waals surface area contributed by atoms with Crippen LogP contribution in [0.2, 0.25) is 0 Å². The van der Waals surface area contributed by atoms with Crippen LogP contribution in [0.1, 0.15) is 64.7 Å². The van der Waals surface area contributed by atoms with Crippen LogP contribution in [0.15, 0.2) is 0 Å². The third-order valence-electron chi connectivity index (χ3n) is 6.18. The standard InChI is InChI=1S/C17H32N2O/c1-15(20-2)12-19-14-16(8-4-3-5-9-16)18-13-17(19)10-6-7-11-17/h15,18H,3-14H2,1-2H3. The molecular formula is C17H32N2O. The van der Waals surface area contributed by atoms with E-state index in [1.807, 2.05) is 7.11 Å². The molecule has 2 saturated carbocycles. The number of hydrogen-bond acceptors (Lipinski definition) is 3. The van der Waals surface area contributed by atoms with Crippen molar-refractivity contribution >= 4 is 0 Å². The molecule has 3 fully saturated rings. The summed E-state index contributed by atoms with van der Waals surface area (Å²) in [6.45, 7) is 5.79. The smallest absolute Gasteiger partial charge is 0.0670 e. The first-order valence-corrected chi connectivity index (χ1v) is 8.71. The average Bonchev–Trinajstić information content (AvgIpc) is 2.94. The van der Waals surface area contributed by atoms with E-state index >= 15 is 0 Å². The van der Waals surface area contributed by atoms with Gasteiger partial charge in [-0.05, 0) is 32.6 Å². The maximum absolute atomic E-state index is 5.57. The predicted molar refractivity (Wildman–Crippen MR) is 83.1 cm³/mol. The monoisotopic (exact) mass is 280 g/mol. The summed E-state index contributed by atoms with van der Waals surface area (Å²) < 4.78 is 5.57. The van der Waals surface area contributed by atoms with E-state index in [2.05, 4.69) is 17.1 Å². The van der Waals surface area contributed by atoms with Gasteiger partial charge in [0.25, 0.3) is 0 Å². The van der Waals surface area contributed by atoms with Crippen LogP contribution in [-0.4, -0.2) is 48.8 Å². The molecule has 2 aliphatic carbocycles. The van der Waals surface area contributed by atoms with Gasteiger partial charge in [0, 0.05) is 37.8 Å². The minimum Gasteiger partial charge on any atom is -0.380 e. The minimum atomic E-state index is 0.353. The number of nitrogens with one attached hydrogen (secondary N) is 1. The van der Waals surface area contributed by atoms with Gasteiger partial charge in [0.15, 0.2) is 0 Å². The van der Waals surface area contributed by atoms with Gasteiger partial charge in [-0.15, -0.1) is 0 Å². The van der Waals surface area contributed by atoms with Crippen molar-refractivity contribution < 1.29 is 4.74 Å². The highest BCUT2D eigenvalue weighted by Gasteiger charge is 2.48. The van der Waals surface area contributed by atoms with Crippen molar-refractivity contribution in [2.24, 2.45) is 0 Å². The van der Waals surface area contributed by atoms with Crippen molar-refractivity contribution in [2.75, 3.05) is 26.7 Å². The summed E-state index contributed by atoms with van der Waals surface area (Å²) in [6.07, 6.45) is 12.9. The Hall–Kier alpha value is -0.120. The Morgan fingerprint density at radius 3 is 2.35 bits per heavy atom. The molecule has 3 aliphatic rings. The van der Waals surface area contributed by atoms with Crippen molar-refractivity contribution in [2.45, 2.75) is 81.9 Å². The van der Waals surface area contributed by atoms with Gasteiger partial charge in [0.2, 0.25) is 0 Å². The van der Waals surface area contributed by atoms with E-state index in [0.717, 1.165) is 6.54 Å². The van der Waals surface area contributed by atoms with Crippen molar-refractivity contribution in [1.29, 1.82) is 0 Å². The highest BCUT2D eigenvalue weighted by molar-refractivity contribution is 5.08. The van der Waals surface area contributed by atoms with E-state index in [1.165, 1.54) is 70.9 Å². The molecule has 1 unspecified atom stereocenters. The molecule has 3 heteroatoms. The number of nitrogens with zero attached hydrogens (tertiary/aromatic N) is 1. The summed E-state index contributed by atoms with van der Waals surface area (Å²) in [5.74, 6) is 0. The second-order valence-electron chi connectivity index (χ2n) is 7.55. The lowest BCUT2D eigenvalue weighted by atomic mass is 9.76. The molecule has 116 valence electrons. The van der Waals surface area contributed by atoms with Crippen molar-refractivity contribution in [3.63, 3.8) is 0 Å². The second kappa shape index (κ2) is 5.94. The second-order valence-corrected chi connectivity index (χ2v) is 7.55. The number of methoxy groups -OCH3 is 1. The molecule has 0 radical (unpaired) electrons. The van der Waals surface area contributed by atoms with E-state index in [-0.39, 0.29) is 0 Å². The third-order valence-corrected chi connectivity index (χ3v) is 6.18. The van der Waals surface area contributed by atoms with Crippen LogP contribution in [-0.2, 0) is 4.74 Å². The first kappa shape index (κ1) is 14.8. The number of piperazine rings is 1. The van der Waals surface area contributed by atoms with Gasteiger partial charge in [-0.2, -0.15) is 0 Å². The highest BCUT2D eigenvalue weighted by atomic mass is 16.5. The van der Waals surface area contributed by atoms with Crippen LogP contribution < -0.4 is 5.32 Å².